The summed E-state index contributed by atoms with van der Waals surface area (Å²) in [6.45, 7) is 3.90. The van der Waals surface area contributed by atoms with E-state index >= 15 is 0 Å². The summed E-state index contributed by atoms with van der Waals surface area (Å²) >= 11 is 0. The first-order valence-corrected chi connectivity index (χ1v) is 5.41. The predicted molar refractivity (Wildman–Crippen MR) is 57.7 cm³/mol. The molecule has 0 spiro atoms. The summed E-state index contributed by atoms with van der Waals surface area (Å²) in [5.74, 6) is 1.97. The molecule has 78 valence electrons. The van der Waals surface area contributed by atoms with Crippen LogP contribution in [0.3, 0.4) is 0 Å². The van der Waals surface area contributed by atoms with Gasteiger partial charge in [-0.05, 0) is 24.8 Å². The van der Waals surface area contributed by atoms with Gasteiger partial charge < -0.3 is 9.84 Å². The number of para-hydroxylation sites is 1. The van der Waals surface area contributed by atoms with Crippen molar-refractivity contribution in [2.45, 2.75) is 24.9 Å². The molecule has 0 amide bonds. The van der Waals surface area contributed by atoms with E-state index in [1.165, 1.54) is 0 Å². The van der Waals surface area contributed by atoms with Gasteiger partial charge in [0.25, 0.3) is 0 Å². The van der Waals surface area contributed by atoms with E-state index in [1.54, 1.807) is 0 Å². The zero-order valence-electron chi connectivity index (χ0n) is 8.52. The average Bonchev–Trinajstić information content (AvgIpc) is 3.00. The van der Waals surface area contributed by atoms with Crippen molar-refractivity contribution in [1.29, 1.82) is 0 Å². The fourth-order valence-corrected chi connectivity index (χ4v) is 2.29. The average molecular weight is 202 g/mol. The van der Waals surface area contributed by atoms with E-state index in [4.69, 9.17) is 4.74 Å². The lowest BCUT2D eigenvalue weighted by Gasteiger charge is -2.17. The van der Waals surface area contributed by atoms with Crippen molar-refractivity contribution in [1.82, 2.24) is 0 Å². The smallest absolute Gasteiger partial charge is 0.130 e. The summed E-state index contributed by atoms with van der Waals surface area (Å²) in [6, 6.07) is 7.87. The third-order valence-corrected chi connectivity index (χ3v) is 3.29. The molecule has 1 aromatic rings. The van der Waals surface area contributed by atoms with Crippen LogP contribution in [0.5, 0.6) is 5.75 Å². The number of rotatable bonds is 2. The molecule has 2 aliphatic rings. The lowest BCUT2D eigenvalue weighted by molar-refractivity contribution is 0.126. The Balaban J connectivity index is 1.97. The van der Waals surface area contributed by atoms with Crippen molar-refractivity contribution in [3.8, 4) is 5.75 Å². The van der Waals surface area contributed by atoms with Crippen molar-refractivity contribution in [3.63, 3.8) is 0 Å². The standard InChI is InChI=1S/C13H14O2/c1-8-12(13(14)9-6-7-9)10-4-2-3-5-11(10)15-8/h2-5,9,12-14H,1,6-7H2/t12-,13+/m0/s1. The third-order valence-electron chi connectivity index (χ3n) is 3.29. The molecule has 0 bridgehead atoms. The maximum absolute atomic E-state index is 10.2. The second-order valence-electron chi connectivity index (χ2n) is 4.41. The summed E-state index contributed by atoms with van der Waals surface area (Å²) in [4.78, 5) is 0. The second kappa shape index (κ2) is 3.11. The van der Waals surface area contributed by atoms with Gasteiger partial charge in [0.15, 0.2) is 0 Å². The molecule has 15 heavy (non-hydrogen) atoms. The summed E-state index contributed by atoms with van der Waals surface area (Å²) < 4.78 is 5.56. The van der Waals surface area contributed by atoms with Gasteiger partial charge in [0.1, 0.15) is 11.5 Å². The van der Waals surface area contributed by atoms with Gasteiger partial charge in [-0.15, -0.1) is 0 Å². The molecule has 1 heterocycles. The van der Waals surface area contributed by atoms with Crippen molar-refractivity contribution in [2.24, 2.45) is 5.92 Å². The first kappa shape index (κ1) is 8.98. The summed E-state index contributed by atoms with van der Waals surface area (Å²) in [5.41, 5.74) is 1.09. The number of aliphatic hydroxyl groups is 1. The Labute approximate surface area is 89.2 Å². The number of hydrogen-bond donors (Lipinski definition) is 1. The normalized spacial score (nSPS) is 25.9. The molecule has 0 unspecified atom stereocenters. The first-order chi connectivity index (χ1) is 7.27. The second-order valence-corrected chi connectivity index (χ2v) is 4.41. The summed E-state index contributed by atoms with van der Waals surface area (Å²) in [5, 5.41) is 10.2. The van der Waals surface area contributed by atoms with Gasteiger partial charge in [-0.3, -0.25) is 0 Å². The SMILES string of the molecule is C=C1Oc2ccccc2[C@H]1[C@H](O)C1CC1. The zero-order valence-corrected chi connectivity index (χ0v) is 8.52. The van der Waals surface area contributed by atoms with Crippen LogP contribution in [-0.2, 0) is 0 Å². The van der Waals surface area contributed by atoms with Crippen LogP contribution >= 0.6 is 0 Å². The molecule has 3 rings (SSSR count). The molecule has 1 fully saturated rings. The minimum atomic E-state index is -0.318. The Morgan fingerprint density at radius 3 is 2.80 bits per heavy atom. The van der Waals surface area contributed by atoms with E-state index in [0.717, 1.165) is 24.2 Å². The molecule has 0 saturated heterocycles. The van der Waals surface area contributed by atoms with Crippen LogP contribution in [0, 0.1) is 5.92 Å². The topological polar surface area (TPSA) is 29.5 Å². The molecule has 2 heteroatoms. The molecule has 0 aromatic heterocycles. The Bertz CT molecular complexity index is 407. The maximum atomic E-state index is 10.2. The number of hydrogen-bond acceptors (Lipinski definition) is 2. The van der Waals surface area contributed by atoms with Gasteiger partial charge in [-0.25, -0.2) is 0 Å². The fraction of sp³-hybridized carbons (Fsp3) is 0.385. The minimum absolute atomic E-state index is 0.0197. The number of benzene rings is 1. The van der Waals surface area contributed by atoms with Crippen LogP contribution in [0.1, 0.15) is 24.3 Å². The van der Waals surface area contributed by atoms with E-state index in [0.29, 0.717) is 11.7 Å². The Morgan fingerprint density at radius 1 is 1.33 bits per heavy atom. The monoisotopic (exact) mass is 202 g/mol. The third kappa shape index (κ3) is 1.37. The zero-order chi connectivity index (χ0) is 10.4. The highest BCUT2D eigenvalue weighted by Gasteiger charge is 2.41. The van der Waals surface area contributed by atoms with Crippen LogP contribution in [0.2, 0.25) is 0 Å². The van der Waals surface area contributed by atoms with Gasteiger partial charge in [0, 0.05) is 5.56 Å². The number of ether oxygens (including phenoxy) is 1. The summed E-state index contributed by atoms with van der Waals surface area (Å²) in [7, 11) is 0. The van der Waals surface area contributed by atoms with E-state index in [2.05, 4.69) is 6.58 Å². The maximum Gasteiger partial charge on any atom is 0.130 e. The van der Waals surface area contributed by atoms with Gasteiger partial charge in [0.2, 0.25) is 0 Å². The van der Waals surface area contributed by atoms with E-state index in [1.807, 2.05) is 24.3 Å². The molecular formula is C13H14O2. The molecule has 2 nitrogen and oxygen atoms in total. The predicted octanol–water partition coefficient (Wildman–Crippen LogP) is 2.45. The van der Waals surface area contributed by atoms with Crippen LogP contribution in [0.4, 0.5) is 0 Å². The van der Waals surface area contributed by atoms with Gasteiger partial charge >= 0.3 is 0 Å². The van der Waals surface area contributed by atoms with Gasteiger partial charge in [-0.1, -0.05) is 24.8 Å². The molecule has 1 aliphatic carbocycles. The largest absolute Gasteiger partial charge is 0.461 e. The van der Waals surface area contributed by atoms with Gasteiger partial charge in [-0.2, -0.15) is 0 Å². The molecule has 1 aliphatic heterocycles. The molecule has 1 N–H and O–H groups in total. The van der Waals surface area contributed by atoms with Crippen LogP contribution in [0.15, 0.2) is 36.6 Å². The van der Waals surface area contributed by atoms with E-state index < -0.39 is 0 Å². The first-order valence-electron chi connectivity index (χ1n) is 5.41. The lowest BCUT2D eigenvalue weighted by atomic mass is 9.91. The fourth-order valence-electron chi connectivity index (χ4n) is 2.29. The number of fused-ring (bicyclic) bond motifs is 1. The highest BCUT2D eigenvalue weighted by Crippen LogP contribution is 2.47. The van der Waals surface area contributed by atoms with Crippen molar-refractivity contribution in [3.05, 3.63) is 42.2 Å². The van der Waals surface area contributed by atoms with Crippen LogP contribution in [0.25, 0.3) is 0 Å². The van der Waals surface area contributed by atoms with Gasteiger partial charge in [0.05, 0.1) is 12.0 Å². The molecule has 2 atom stereocenters. The van der Waals surface area contributed by atoms with E-state index in [9.17, 15) is 5.11 Å². The Hall–Kier alpha value is -1.28. The summed E-state index contributed by atoms with van der Waals surface area (Å²) in [6.07, 6.45) is 1.95. The number of aliphatic hydroxyl groups excluding tert-OH is 1. The minimum Gasteiger partial charge on any atom is -0.461 e. The van der Waals surface area contributed by atoms with Crippen molar-refractivity contribution < 1.29 is 9.84 Å². The molecule has 0 radical (unpaired) electrons. The Morgan fingerprint density at radius 2 is 2.07 bits per heavy atom. The highest BCUT2D eigenvalue weighted by atomic mass is 16.5. The molecule has 1 saturated carbocycles. The van der Waals surface area contributed by atoms with Crippen molar-refractivity contribution in [2.75, 3.05) is 0 Å². The lowest BCUT2D eigenvalue weighted by Crippen LogP contribution is -2.20. The van der Waals surface area contributed by atoms with E-state index in [-0.39, 0.29) is 12.0 Å². The Kier molecular flexibility index (Phi) is 1.86. The van der Waals surface area contributed by atoms with Crippen LogP contribution in [-0.4, -0.2) is 11.2 Å². The quantitative estimate of drug-likeness (QED) is 0.798. The highest BCUT2D eigenvalue weighted by molar-refractivity contribution is 5.46. The molecule has 1 aromatic carbocycles. The molecular weight excluding hydrogens is 188 g/mol. The van der Waals surface area contributed by atoms with Crippen LogP contribution < -0.4 is 4.74 Å². The van der Waals surface area contributed by atoms with Crippen molar-refractivity contribution >= 4 is 0 Å².